The minimum atomic E-state index is -1.31. The van der Waals surface area contributed by atoms with E-state index >= 15 is 0 Å². The number of Topliss-reactive ketones (excluding diaryl/α,β-unsaturated/α-hetero) is 2. The van der Waals surface area contributed by atoms with Gasteiger partial charge in [-0.05, 0) is 56.1 Å². The maximum absolute atomic E-state index is 14.0. The quantitative estimate of drug-likeness (QED) is 0.484. The maximum Gasteiger partial charge on any atom is 0.306 e. The lowest BCUT2D eigenvalue weighted by Gasteiger charge is -2.57. The number of carbonyl (C=O) groups excluding carboxylic acids is 4. The Hall–Kier alpha value is -2.12. The lowest BCUT2D eigenvalue weighted by Crippen LogP contribution is -2.62. The maximum atomic E-state index is 14.0. The van der Waals surface area contributed by atoms with E-state index in [0.717, 1.165) is 24.8 Å². The Labute approximate surface area is 213 Å². The second-order valence-corrected chi connectivity index (χ2v) is 11.8. The Morgan fingerprint density at radius 2 is 1.94 bits per heavy atom. The van der Waals surface area contributed by atoms with Gasteiger partial charge in [-0.1, -0.05) is 45.8 Å². The summed E-state index contributed by atoms with van der Waals surface area (Å²) in [4.78, 5) is 52.0. The van der Waals surface area contributed by atoms with Crippen LogP contribution in [0.3, 0.4) is 0 Å². The molecule has 0 bridgehead atoms. The number of ether oxygens (including phenoxy) is 3. The van der Waals surface area contributed by atoms with Crippen molar-refractivity contribution in [1.82, 2.24) is 0 Å². The summed E-state index contributed by atoms with van der Waals surface area (Å²) in [6.45, 7) is 7.65. The fourth-order valence-corrected chi connectivity index (χ4v) is 8.24. The Balaban J connectivity index is 1.50. The van der Waals surface area contributed by atoms with Gasteiger partial charge in [0.05, 0.1) is 6.10 Å². The van der Waals surface area contributed by atoms with E-state index in [1.54, 1.807) is 12.2 Å². The summed E-state index contributed by atoms with van der Waals surface area (Å²) in [5.41, 5.74) is -1.50. The number of fused-ring (bicyclic) bond motifs is 7. The minimum Gasteiger partial charge on any atom is -0.458 e. The third-order valence-electron chi connectivity index (χ3n) is 9.81. The van der Waals surface area contributed by atoms with Gasteiger partial charge in [-0.15, -0.1) is 0 Å². The fraction of sp³-hybridized carbons (Fsp3) is 0.724. The van der Waals surface area contributed by atoms with Crippen LogP contribution in [-0.2, 0) is 33.4 Å². The first-order chi connectivity index (χ1) is 17.1. The highest BCUT2D eigenvalue weighted by molar-refractivity contribution is 6.02. The summed E-state index contributed by atoms with van der Waals surface area (Å²) in [5.74, 6) is -0.726. The summed E-state index contributed by atoms with van der Waals surface area (Å²) in [7, 11) is 0. The molecule has 5 rings (SSSR count). The molecular weight excluding hydrogens is 460 g/mol. The Morgan fingerprint density at radius 3 is 2.67 bits per heavy atom. The first-order valence-electron chi connectivity index (χ1n) is 13.6. The normalized spacial score (nSPS) is 42.8. The molecule has 0 aromatic rings. The molecule has 0 spiro atoms. The highest BCUT2D eigenvalue weighted by Crippen LogP contribution is 2.68. The predicted octanol–water partition coefficient (Wildman–Crippen LogP) is 4.28. The van der Waals surface area contributed by atoms with Crippen molar-refractivity contribution in [3.05, 3.63) is 23.8 Å². The van der Waals surface area contributed by atoms with Crippen molar-refractivity contribution in [2.75, 3.05) is 6.61 Å². The molecular formula is C29H38O7. The Bertz CT molecular complexity index is 1040. The van der Waals surface area contributed by atoms with E-state index in [0.29, 0.717) is 19.3 Å². The molecule has 5 aliphatic rings. The molecule has 0 N–H and O–H groups in total. The molecule has 0 amide bonds. The molecule has 0 aromatic heterocycles. The second-order valence-electron chi connectivity index (χ2n) is 11.8. The number of carbonyl (C=O) groups is 4. The zero-order valence-corrected chi connectivity index (χ0v) is 21.8. The van der Waals surface area contributed by atoms with Gasteiger partial charge in [0.25, 0.3) is 0 Å². The van der Waals surface area contributed by atoms with Gasteiger partial charge in [0.2, 0.25) is 5.78 Å². The van der Waals surface area contributed by atoms with Gasteiger partial charge >= 0.3 is 5.97 Å². The summed E-state index contributed by atoms with van der Waals surface area (Å²) < 4.78 is 18.2. The third-order valence-corrected chi connectivity index (χ3v) is 9.81. The SMILES string of the molecule is CCCC(=O)OCC(=O)[C@@]12OC(CCC)O[C@@H]1C[C@H]1[C@@H]3CCC4=CC(=O)C=C[C@]4(C)[C@H]3C(=O)C[C@@]12C. The number of ketones is 3. The fourth-order valence-electron chi connectivity index (χ4n) is 8.24. The second kappa shape index (κ2) is 9.02. The molecule has 4 fully saturated rings. The number of hydrogen-bond donors (Lipinski definition) is 0. The van der Waals surface area contributed by atoms with Crippen LogP contribution in [0.15, 0.2) is 23.8 Å². The molecule has 196 valence electrons. The molecule has 1 saturated heterocycles. The van der Waals surface area contributed by atoms with E-state index in [-0.39, 0.29) is 54.6 Å². The van der Waals surface area contributed by atoms with Gasteiger partial charge in [0.1, 0.15) is 5.78 Å². The molecule has 1 heterocycles. The van der Waals surface area contributed by atoms with Gasteiger partial charge in [-0.2, -0.15) is 0 Å². The molecule has 0 aromatic carbocycles. The van der Waals surface area contributed by atoms with Crippen LogP contribution >= 0.6 is 0 Å². The van der Waals surface area contributed by atoms with Crippen LogP contribution in [0.4, 0.5) is 0 Å². The predicted molar refractivity (Wildman–Crippen MR) is 131 cm³/mol. The van der Waals surface area contributed by atoms with Gasteiger partial charge in [-0.3, -0.25) is 19.2 Å². The molecule has 8 atom stereocenters. The zero-order valence-electron chi connectivity index (χ0n) is 21.8. The van der Waals surface area contributed by atoms with Crippen LogP contribution in [0, 0.1) is 28.6 Å². The molecule has 1 aliphatic heterocycles. The third kappa shape index (κ3) is 3.52. The van der Waals surface area contributed by atoms with Crippen molar-refractivity contribution in [1.29, 1.82) is 0 Å². The number of allylic oxidation sites excluding steroid dienone is 4. The summed E-state index contributed by atoms with van der Waals surface area (Å²) >= 11 is 0. The van der Waals surface area contributed by atoms with E-state index < -0.39 is 34.8 Å². The van der Waals surface area contributed by atoms with Crippen molar-refractivity contribution < 1.29 is 33.4 Å². The smallest absolute Gasteiger partial charge is 0.306 e. The van der Waals surface area contributed by atoms with Gasteiger partial charge in [-0.25, -0.2) is 0 Å². The van der Waals surface area contributed by atoms with Crippen molar-refractivity contribution >= 4 is 23.3 Å². The van der Waals surface area contributed by atoms with Crippen LogP contribution in [0.25, 0.3) is 0 Å². The number of esters is 1. The van der Waals surface area contributed by atoms with Crippen molar-refractivity contribution in [2.45, 2.75) is 97.1 Å². The summed E-state index contributed by atoms with van der Waals surface area (Å²) in [6, 6.07) is 0. The standard InChI is InChI=1S/C29H38O7/c1-5-7-24(33)34-16-22(32)29-23(35-25(36-29)8-6-2)14-20-19-10-9-17-13-18(30)11-12-27(17,3)26(19)21(31)15-28(20,29)4/h11-13,19-20,23,25-26H,5-10,14-16H2,1-4H3/t19-,20-,23+,25?,26+,27-,28-,29+/m0/s1. The first kappa shape index (κ1) is 25.5. The number of rotatable bonds is 7. The van der Waals surface area contributed by atoms with E-state index in [9.17, 15) is 19.2 Å². The van der Waals surface area contributed by atoms with Gasteiger partial charge < -0.3 is 14.2 Å². The Morgan fingerprint density at radius 1 is 1.17 bits per heavy atom. The average molecular weight is 499 g/mol. The van der Waals surface area contributed by atoms with Crippen LogP contribution in [0.2, 0.25) is 0 Å². The lowest BCUT2D eigenvalue weighted by molar-refractivity contribution is -0.189. The molecule has 36 heavy (non-hydrogen) atoms. The zero-order chi connectivity index (χ0) is 25.9. The van der Waals surface area contributed by atoms with Gasteiger partial charge in [0.15, 0.2) is 24.3 Å². The summed E-state index contributed by atoms with van der Waals surface area (Å²) in [5, 5.41) is 0. The molecule has 0 radical (unpaired) electrons. The van der Waals surface area contributed by atoms with Crippen molar-refractivity contribution in [2.24, 2.45) is 28.6 Å². The van der Waals surface area contributed by atoms with Crippen molar-refractivity contribution in [3.8, 4) is 0 Å². The monoisotopic (exact) mass is 498 g/mol. The lowest BCUT2D eigenvalue weighted by atomic mass is 9.46. The molecule has 7 nitrogen and oxygen atoms in total. The Kier molecular flexibility index (Phi) is 6.39. The molecule has 4 aliphatic carbocycles. The number of hydrogen-bond acceptors (Lipinski definition) is 7. The van der Waals surface area contributed by atoms with Crippen LogP contribution in [0.5, 0.6) is 0 Å². The van der Waals surface area contributed by atoms with E-state index in [1.165, 1.54) is 0 Å². The van der Waals surface area contributed by atoms with Crippen LogP contribution < -0.4 is 0 Å². The van der Waals surface area contributed by atoms with Crippen molar-refractivity contribution in [3.63, 3.8) is 0 Å². The molecule has 7 heteroatoms. The first-order valence-corrected chi connectivity index (χ1v) is 13.6. The highest BCUT2D eigenvalue weighted by atomic mass is 16.7. The average Bonchev–Trinajstić information content (AvgIpc) is 3.30. The molecule has 1 unspecified atom stereocenters. The van der Waals surface area contributed by atoms with Crippen LogP contribution in [-0.4, -0.2) is 47.9 Å². The largest absolute Gasteiger partial charge is 0.458 e. The topological polar surface area (TPSA) is 96.0 Å². The minimum absolute atomic E-state index is 0.0182. The van der Waals surface area contributed by atoms with E-state index in [4.69, 9.17) is 14.2 Å². The molecule has 3 saturated carbocycles. The van der Waals surface area contributed by atoms with Gasteiger partial charge in [0, 0.05) is 29.6 Å². The summed E-state index contributed by atoms with van der Waals surface area (Å²) in [6.07, 6.45) is 9.04. The van der Waals surface area contributed by atoms with E-state index in [2.05, 4.69) is 6.92 Å². The highest BCUT2D eigenvalue weighted by Gasteiger charge is 2.76. The van der Waals surface area contributed by atoms with E-state index in [1.807, 2.05) is 26.8 Å². The van der Waals surface area contributed by atoms with Crippen LogP contribution in [0.1, 0.15) is 79.1 Å².